The molecule has 0 saturated heterocycles. The lowest BCUT2D eigenvalue weighted by Gasteiger charge is -2.33. The number of aliphatic hydroxyl groups is 4. The maximum absolute atomic E-state index is 12.6. The minimum Gasteiger partial charge on any atom is -0.391 e. The molecule has 6 atom stereocenters. The number of ether oxygens (including phenoxy) is 1. The molecule has 1 amide bonds. The third kappa shape index (κ3) is 9.57. The zero-order chi connectivity index (χ0) is 22.4. The third-order valence-corrected chi connectivity index (χ3v) is 5.10. The van der Waals surface area contributed by atoms with Gasteiger partial charge in [0.2, 0.25) is 5.91 Å². The fourth-order valence-electron chi connectivity index (χ4n) is 4.10. The minimum absolute atomic E-state index is 0.00262. The first-order valence-corrected chi connectivity index (χ1v) is 10.5. The summed E-state index contributed by atoms with van der Waals surface area (Å²) in [4.78, 5) is 12.6. The lowest BCUT2D eigenvalue weighted by atomic mass is 9.74. The molecule has 0 aromatic heterocycles. The zero-order valence-corrected chi connectivity index (χ0v) is 18.8. The number of hydrogen-bond donors (Lipinski definition) is 5. The Bertz CT molecular complexity index is 540. The molecule has 0 aromatic rings. The molecule has 1 aliphatic carbocycles. The fourth-order valence-corrected chi connectivity index (χ4v) is 4.10. The van der Waals surface area contributed by atoms with E-state index >= 15 is 0 Å². The summed E-state index contributed by atoms with van der Waals surface area (Å²) in [5.74, 6) is -0.162. The van der Waals surface area contributed by atoms with Crippen molar-refractivity contribution in [3.63, 3.8) is 0 Å². The Kier molecular flexibility index (Phi) is 9.76. The Morgan fingerprint density at radius 3 is 2.34 bits per heavy atom. The van der Waals surface area contributed by atoms with Gasteiger partial charge in [0.15, 0.2) is 0 Å². The number of nitrogens with one attached hydrogen (secondary N) is 1. The van der Waals surface area contributed by atoms with Crippen molar-refractivity contribution in [1.29, 1.82) is 0 Å². The summed E-state index contributed by atoms with van der Waals surface area (Å²) in [5.41, 5.74) is -0.0838. The minimum atomic E-state index is -1.35. The first-order chi connectivity index (χ1) is 13.2. The number of carbonyl (C=O) groups excluding carboxylic acids is 1. The van der Waals surface area contributed by atoms with Crippen LogP contribution in [0, 0.1) is 10.8 Å². The largest absolute Gasteiger partial charge is 0.391 e. The molecule has 0 saturated carbocycles. The van der Waals surface area contributed by atoms with Crippen molar-refractivity contribution < 1.29 is 30.0 Å². The van der Waals surface area contributed by atoms with Gasteiger partial charge >= 0.3 is 0 Å². The van der Waals surface area contributed by atoms with Gasteiger partial charge in [-0.3, -0.25) is 4.79 Å². The second-order valence-electron chi connectivity index (χ2n) is 10.3. The van der Waals surface area contributed by atoms with E-state index in [1.54, 1.807) is 13.0 Å². The molecule has 7 nitrogen and oxygen atoms in total. The van der Waals surface area contributed by atoms with Crippen LogP contribution >= 0.6 is 0 Å². The van der Waals surface area contributed by atoms with E-state index in [1.165, 1.54) is 6.08 Å². The van der Waals surface area contributed by atoms with Gasteiger partial charge in [-0.25, -0.2) is 0 Å². The highest BCUT2D eigenvalue weighted by molar-refractivity contribution is 5.77. The van der Waals surface area contributed by atoms with E-state index in [0.29, 0.717) is 19.3 Å². The highest BCUT2D eigenvalue weighted by Crippen LogP contribution is 2.35. The Morgan fingerprint density at radius 2 is 1.79 bits per heavy atom. The molecular formula is C22H41NO6. The summed E-state index contributed by atoms with van der Waals surface area (Å²) in [5, 5.41) is 43.0. The van der Waals surface area contributed by atoms with Gasteiger partial charge in [-0.05, 0) is 37.0 Å². The Morgan fingerprint density at radius 1 is 1.17 bits per heavy atom. The topological polar surface area (TPSA) is 119 Å². The highest BCUT2D eigenvalue weighted by atomic mass is 16.5. The van der Waals surface area contributed by atoms with Crippen molar-refractivity contribution in [2.45, 2.75) is 104 Å². The van der Waals surface area contributed by atoms with Crippen LogP contribution in [0.25, 0.3) is 0 Å². The maximum Gasteiger partial charge on any atom is 0.220 e. The molecule has 0 spiro atoms. The van der Waals surface area contributed by atoms with Crippen molar-refractivity contribution in [3.05, 3.63) is 12.2 Å². The van der Waals surface area contributed by atoms with Crippen LogP contribution in [0.15, 0.2) is 12.2 Å². The van der Waals surface area contributed by atoms with Gasteiger partial charge in [0.1, 0.15) is 18.3 Å². The monoisotopic (exact) mass is 415 g/mol. The van der Waals surface area contributed by atoms with Gasteiger partial charge in [-0.1, -0.05) is 46.8 Å². The maximum atomic E-state index is 12.6. The van der Waals surface area contributed by atoms with Gasteiger partial charge in [-0.15, -0.1) is 0 Å². The van der Waals surface area contributed by atoms with Crippen molar-refractivity contribution in [2.24, 2.45) is 10.8 Å². The molecule has 6 unspecified atom stereocenters. The van der Waals surface area contributed by atoms with Crippen LogP contribution in [0.1, 0.15) is 67.2 Å². The van der Waals surface area contributed by atoms with Crippen LogP contribution in [-0.4, -0.2) is 69.5 Å². The van der Waals surface area contributed by atoms with Crippen LogP contribution in [0.2, 0.25) is 0 Å². The van der Waals surface area contributed by atoms with E-state index in [-0.39, 0.29) is 23.3 Å². The molecule has 0 radical (unpaired) electrons. The summed E-state index contributed by atoms with van der Waals surface area (Å²) in [7, 11) is 0. The van der Waals surface area contributed by atoms with Crippen LogP contribution in [0.4, 0.5) is 0 Å². The SMILES string of the molecule is CC(O)C(COC1CCC=CC(O)C(O)C1O)NC(=O)CC(C)(C)CC(C)(C)C. The van der Waals surface area contributed by atoms with E-state index in [2.05, 4.69) is 39.9 Å². The molecule has 0 fully saturated rings. The predicted octanol–water partition coefficient (Wildman–Crippen LogP) is 1.52. The summed E-state index contributed by atoms with van der Waals surface area (Å²) >= 11 is 0. The van der Waals surface area contributed by atoms with Crippen LogP contribution in [0.3, 0.4) is 0 Å². The lowest BCUT2D eigenvalue weighted by Crippen LogP contribution is -2.50. The van der Waals surface area contributed by atoms with E-state index in [9.17, 15) is 25.2 Å². The molecule has 0 bridgehead atoms. The summed E-state index contributed by atoms with van der Waals surface area (Å²) in [6, 6.07) is -0.636. The number of allylic oxidation sites excluding steroid dienone is 1. The highest BCUT2D eigenvalue weighted by Gasteiger charge is 2.33. The second-order valence-corrected chi connectivity index (χ2v) is 10.3. The second kappa shape index (κ2) is 10.9. The van der Waals surface area contributed by atoms with Crippen LogP contribution < -0.4 is 5.32 Å². The normalized spacial score (nSPS) is 28.3. The quantitative estimate of drug-likeness (QED) is 0.384. The summed E-state index contributed by atoms with van der Waals surface area (Å²) < 4.78 is 5.75. The molecular weight excluding hydrogens is 374 g/mol. The molecule has 29 heavy (non-hydrogen) atoms. The predicted molar refractivity (Wildman–Crippen MR) is 112 cm³/mol. The molecule has 5 N–H and O–H groups in total. The van der Waals surface area contributed by atoms with Crippen molar-refractivity contribution in [1.82, 2.24) is 5.32 Å². The van der Waals surface area contributed by atoms with E-state index in [0.717, 1.165) is 6.42 Å². The summed E-state index contributed by atoms with van der Waals surface area (Å²) in [6.45, 7) is 12.1. The first kappa shape index (κ1) is 26.0. The lowest BCUT2D eigenvalue weighted by molar-refractivity contribution is -0.132. The average Bonchev–Trinajstić information content (AvgIpc) is 2.54. The molecule has 7 heteroatoms. The average molecular weight is 416 g/mol. The summed E-state index contributed by atoms with van der Waals surface area (Å²) in [6.07, 6.45) is 0.128. The number of hydrogen-bond acceptors (Lipinski definition) is 6. The molecule has 170 valence electrons. The van der Waals surface area contributed by atoms with Crippen molar-refractivity contribution in [3.8, 4) is 0 Å². The Hall–Kier alpha value is -0.990. The van der Waals surface area contributed by atoms with Gasteiger partial charge in [0.05, 0.1) is 24.9 Å². The molecule has 0 aromatic carbocycles. The number of carbonyl (C=O) groups is 1. The Balaban J connectivity index is 2.67. The number of amides is 1. The third-order valence-electron chi connectivity index (χ3n) is 5.10. The van der Waals surface area contributed by atoms with Gasteiger partial charge < -0.3 is 30.5 Å². The smallest absolute Gasteiger partial charge is 0.220 e. The van der Waals surface area contributed by atoms with Crippen molar-refractivity contribution in [2.75, 3.05) is 6.61 Å². The number of aliphatic hydroxyl groups excluding tert-OH is 4. The molecule has 0 heterocycles. The van der Waals surface area contributed by atoms with Gasteiger partial charge in [0.25, 0.3) is 0 Å². The van der Waals surface area contributed by atoms with E-state index in [1.807, 2.05) is 0 Å². The van der Waals surface area contributed by atoms with Gasteiger partial charge in [0, 0.05) is 6.42 Å². The molecule has 1 rings (SSSR count). The zero-order valence-electron chi connectivity index (χ0n) is 18.8. The van der Waals surface area contributed by atoms with E-state index in [4.69, 9.17) is 4.74 Å². The van der Waals surface area contributed by atoms with Crippen molar-refractivity contribution >= 4 is 5.91 Å². The molecule has 1 aliphatic rings. The van der Waals surface area contributed by atoms with E-state index < -0.39 is 36.6 Å². The first-order valence-electron chi connectivity index (χ1n) is 10.5. The Labute approximate surface area is 175 Å². The van der Waals surface area contributed by atoms with Gasteiger partial charge in [-0.2, -0.15) is 0 Å². The molecule has 0 aliphatic heterocycles. The van der Waals surface area contributed by atoms with Crippen LogP contribution in [-0.2, 0) is 9.53 Å². The van der Waals surface area contributed by atoms with Crippen LogP contribution in [0.5, 0.6) is 0 Å². The standard InChI is InChI=1S/C22H41NO6/c1-14(24)15(23-18(26)11-22(5,6)13-21(2,3)4)12-29-17-10-8-7-9-16(25)19(27)20(17)28/h7,9,14-17,19-20,24-25,27-28H,8,10-13H2,1-6H3,(H,23,26). The number of rotatable bonds is 8. The fraction of sp³-hybridized carbons (Fsp3) is 0.864.